The molecule has 1 amide bonds. The molecule has 84 valence electrons. The first-order valence-electron chi connectivity index (χ1n) is 4.68. The average molecular weight is 300 g/mol. The van der Waals surface area contributed by atoms with Crippen molar-refractivity contribution < 1.29 is 4.79 Å². The largest absolute Gasteiger partial charge is 0.356 e. The molecule has 0 aliphatic rings. The SMILES string of the molecule is Cc1ncsc1CNC(=O)c1cc(Br)c[nH]1. The monoisotopic (exact) mass is 299 g/mol. The molecule has 0 saturated carbocycles. The summed E-state index contributed by atoms with van der Waals surface area (Å²) in [5.41, 5.74) is 3.30. The van der Waals surface area contributed by atoms with Gasteiger partial charge >= 0.3 is 0 Å². The van der Waals surface area contributed by atoms with Crippen LogP contribution in [0.4, 0.5) is 0 Å². The zero-order valence-corrected chi connectivity index (χ0v) is 11.0. The minimum absolute atomic E-state index is 0.112. The minimum atomic E-state index is -0.112. The number of nitrogens with one attached hydrogen (secondary N) is 2. The van der Waals surface area contributed by atoms with E-state index >= 15 is 0 Å². The molecule has 2 N–H and O–H groups in total. The number of carbonyl (C=O) groups is 1. The van der Waals surface area contributed by atoms with Gasteiger partial charge in [-0.25, -0.2) is 4.98 Å². The van der Waals surface area contributed by atoms with Crippen LogP contribution in [0.15, 0.2) is 22.2 Å². The number of aromatic amines is 1. The van der Waals surface area contributed by atoms with Crippen LogP contribution in [-0.4, -0.2) is 15.9 Å². The van der Waals surface area contributed by atoms with Gasteiger partial charge in [0.2, 0.25) is 0 Å². The summed E-state index contributed by atoms with van der Waals surface area (Å²) in [5, 5.41) is 2.83. The molecule has 6 heteroatoms. The van der Waals surface area contributed by atoms with Crippen molar-refractivity contribution in [1.82, 2.24) is 15.3 Å². The maximum Gasteiger partial charge on any atom is 0.268 e. The lowest BCUT2D eigenvalue weighted by Crippen LogP contribution is -2.22. The quantitative estimate of drug-likeness (QED) is 0.915. The van der Waals surface area contributed by atoms with Gasteiger partial charge in [0.05, 0.1) is 17.7 Å². The summed E-state index contributed by atoms with van der Waals surface area (Å²) in [6, 6.07) is 1.74. The van der Waals surface area contributed by atoms with Crippen LogP contribution in [0.25, 0.3) is 0 Å². The van der Waals surface area contributed by atoms with E-state index in [1.165, 1.54) is 0 Å². The molecule has 0 aromatic carbocycles. The van der Waals surface area contributed by atoms with E-state index in [4.69, 9.17) is 0 Å². The Labute approximate surface area is 105 Å². The molecule has 2 rings (SSSR count). The molecule has 0 bridgehead atoms. The Balaban J connectivity index is 1.96. The van der Waals surface area contributed by atoms with E-state index in [1.807, 2.05) is 6.92 Å². The highest BCUT2D eigenvalue weighted by molar-refractivity contribution is 9.10. The smallest absolute Gasteiger partial charge is 0.268 e. The summed E-state index contributed by atoms with van der Waals surface area (Å²) in [4.78, 5) is 19.8. The normalized spacial score (nSPS) is 10.4. The molecule has 0 aliphatic heterocycles. The van der Waals surface area contributed by atoms with Gasteiger partial charge in [-0.15, -0.1) is 11.3 Å². The van der Waals surface area contributed by atoms with Crippen molar-refractivity contribution in [2.45, 2.75) is 13.5 Å². The van der Waals surface area contributed by atoms with Gasteiger partial charge in [-0.2, -0.15) is 0 Å². The standard InChI is InChI=1S/C10H10BrN3OS/c1-6-9(16-5-14-6)4-13-10(15)8-2-7(11)3-12-8/h2-3,5,12H,4H2,1H3,(H,13,15). The Bertz CT molecular complexity index is 506. The van der Waals surface area contributed by atoms with Crippen molar-refractivity contribution in [3.05, 3.63) is 38.5 Å². The molecule has 0 atom stereocenters. The summed E-state index contributed by atoms with van der Waals surface area (Å²) in [6.07, 6.45) is 1.73. The van der Waals surface area contributed by atoms with Crippen molar-refractivity contribution in [2.24, 2.45) is 0 Å². The van der Waals surface area contributed by atoms with Crippen LogP contribution >= 0.6 is 27.3 Å². The molecule has 2 heterocycles. The molecule has 0 aliphatic carbocycles. The van der Waals surface area contributed by atoms with E-state index in [2.05, 4.69) is 31.2 Å². The summed E-state index contributed by atoms with van der Waals surface area (Å²) < 4.78 is 0.867. The third-order valence-electron chi connectivity index (χ3n) is 2.15. The summed E-state index contributed by atoms with van der Waals surface area (Å²) >= 11 is 4.83. The molecule has 0 radical (unpaired) electrons. The van der Waals surface area contributed by atoms with E-state index in [0.717, 1.165) is 15.0 Å². The van der Waals surface area contributed by atoms with Crippen molar-refractivity contribution in [3.63, 3.8) is 0 Å². The van der Waals surface area contributed by atoms with Gasteiger partial charge in [0.25, 0.3) is 5.91 Å². The first kappa shape index (κ1) is 11.3. The van der Waals surface area contributed by atoms with Crippen LogP contribution in [0.1, 0.15) is 21.1 Å². The number of amides is 1. The molecule has 2 aromatic rings. The molecule has 2 aromatic heterocycles. The number of thiazole rings is 1. The topological polar surface area (TPSA) is 57.8 Å². The van der Waals surface area contributed by atoms with Gasteiger partial charge < -0.3 is 10.3 Å². The summed E-state index contributed by atoms with van der Waals surface area (Å²) in [6.45, 7) is 2.45. The van der Waals surface area contributed by atoms with Gasteiger partial charge in [-0.1, -0.05) is 0 Å². The number of H-pyrrole nitrogens is 1. The third kappa shape index (κ3) is 2.51. The van der Waals surface area contributed by atoms with Gasteiger partial charge in [-0.05, 0) is 28.9 Å². The Morgan fingerprint density at radius 1 is 1.69 bits per heavy atom. The predicted octanol–water partition coefficient (Wildman–Crippen LogP) is 2.47. The van der Waals surface area contributed by atoms with Gasteiger partial charge in [0.15, 0.2) is 0 Å². The molecule has 0 saturated heterocycles. The van der Waals surface area contributed by atoms with Crippen LogP contribution in [0, 0.1) is 6.92 Å². The second-order valence-corrected chi connectivity index (χ2v) is 5.13. The predicted molar refractivity (Wildman–Crippen MR) is 66.5 cm³/mol. The lowest BCUT2D eigenvalue weighted by molar-refractivity contribution is 0.0947. The van der Waals surface area contributed by atoms with E-state index < -0.39 is 0 Å². The molecule has 16 heavy (non-hydrogen) atoms. The van der Waals surface area contributed by atoms with E-state index in [1.54, 1.807) is 29.1 Å². The zero-order chi connectivity index (χ0) is 11.5. The van der Waals surface area contributed by atoms with Crippen molar-refractivity contribution in [1.29, 1.82) is 0 Å². The number of rotatable bonds is 3. The number of hydrogen-bond donors (Lipinski definition) is 2. The molecule has 4 nitrogen and oxygen atoms in total. The van der Waals surface area contributed by atoms with Gasteiger partial charge in [-0.3, -0.25) is 4.79 Å². The highest BCUT2D eigenvalue weighted by Gasteiger charge is 2.08. The molecular weight excluding hydrogens is 290 g/mol. The molecule has 0 fully saturated rings. The fourth-order valence-electron chi connectivity index (χ4n) is 1.25. The summed E-state index contributed by atoms with van der Waals surface area (Å²) in [5.74, 6) is -0.112. The highest BCUT2D eigenvalue weighted by atomic mass is 79.9. The van der Waals surface area contributed by atoms with E-state index in [0.29, 0.717) is 12.2 Å². The lowest BCUT2D eigenvalue weighted by Gasteiger charge is -2.01. The Morgan fingerprint density at radius 2 is 2.50 bits per heavy atom. The maximum atomic E-state index is 11.7. The van der Waals surface area contributed by atoms with Crippen LogP contribution < -0.4 is 5.32 Å². The number of aromatic nitrogens is 2. The van der Waals surface area contributed by atoms with Crippen molar-refractivity contribution >= 4 is 33.2 Å². The number of hydrogen-bond acceptors (Lipinski definition) is 3. The second-order valence-electron chi connectivity index (χ2n) is 3.28. The Kier molecular flexibility index (Phi) is 3.40. The Morgan fingerprint density at radius 3 is 3.06 bits per heavy atom. The summed E-state index contributed by atoms with van der Waals surface area (Å²) in [7, 11) is 0. The van der Waals surface area contributed by atoms with Gasteiger partial charge in [0, 0.05) is 15.5 Å². The fraction of sp³-hybridized carbons (Fsp3) is 0.200. The number of halogens is 1. The van der Waals surface area contributed by atoms with E-state index in [-0.39, 0.29) is 5.91 Å². The van der Waals surface area contributed by atoms with Gasteiger partial charge in [0.1, 0.15) is 5.69 Å². The molecule has 0 spiro atoms. The number of aryl methyl sites for hydroxylation is 1. The van der Waals surface area contributed by atoms with Crippen LogP contribution in [0.5, 0.6) is 0 Å². The second kappa shape index (κ2) is 4.80. The maximum absolute atomic E-state index is 11.7. The molecule has 0 unspecified atom stereocenters. The third-order valence-corrected chi connectivity index (χ3v) is 3.54. The Hall–Kier alpha value is -1.14. The first-order chi connectivity index (χ1) is 7.66. The fourth-order valence-corrected chi connectivity index (χ4v) is 2.31. The van der Waals surface area contributed by atoms with Crippen LogP contribution in [-0.2, 0) is 6.54 Å². The van der Waals surface area contributed by atoms with E-state index in [9.17, 15) is 4.79 Å². The van der Waals surface area contributed by atoms with Crippen LogP contribution in [0.3, 0.4) is 0 Å². The number of carbonyl (C=O) groups excluding carboxylic acids is 1. The zero-order valence-electron chi connectivity index (χ0n) is 8.58. The van der Waals surface area contributed by atoms with Crippen molar-refractivity contribution in [3.8, 4) is 0 Å². The minimum Gasteiger partial charge on any atom is -0.356 e. The lowest BCUT2D eigenvalue weighted by atomic mass is 10.3. The number of nitrogens with zero attached hydrogens (tertiary/aromatic N) is 1. The van der Waals surface area contributed by atoms with Crippen LogP contribution in [0.2, 0.25) is 0 Å². The molecular formula is C10H10BrN3OS. The first-order valence-corrected chi connectivity index (χ1v) is 6.35. The average Bonchev–Trinajstić information content (AvgIpc) is 2.84. The highest BCUT2D eigenvalue weighted by Crippen LogP contribution is 2.13. The van der Waals surface area contributed by atoms with Crippen molar-refractivity contribution in [2.75, 3.05) is 0 Å².